The fourth-order valence-corrected chi connectivity index (χ4v) is 4.44. The molecule has 9 heteroatoms. The number of nitrogens with one attached hydrogen (secondary N) is 2. The van der Waals surface area contributed by atoms with Crippen LogP contribution in [-0.2, 0) is 11.2 Å². The van der Waals surface area contributed by atoms with Crippen LogP contribution < -0.4 is 15.4 Å². The second-order valence-corrected chi connectivity index (χ2v) is 9.92. The molecule has 1 aromatic carbocycles. The molecule has 1 aromatic heterocycles. The number of ether oxygens (including phenoxy) is 2. The van der Waals surface area contributed by atoms with Crippen LogP contribution in [0.25, 0.3) is 0 Å². The third kappa shape index (κ3) is 5.18. The molecule has 0 fully saturated rings. The van der Waals surface area contributed by atoms with Gasteiger partial charge in [0.2, 0.25) is 5.95 Å². The number of fused-ring (bicyclic) bond motifs is 1. The second kappa shape index (κ2) is 9.71. The Labute approximate surface area is 205 Å². The summed E-state index contributed by atoms with van der Waals surface area (Å²) in [5.74, 6) is 1.02. The SMILES string of the molecule is CNc1nc(Nc2cc3c(c(C4CCC=CCN4C(=O)OC(C)(C)C)c2F)OCC3)nc(C)c1C. The van der Waals surface area contributed by atoms with Crippen molar-refractivity contribution in [3.05, 3.63) is 46.4 Å². The summed E-state index contributed by atoms with van der Waals surface area (Å²) < 4.78 is 27.8. The van der Waals surface area contributed by atoms with Crippen molar-refractivity contribution in [2.45, 2.75) is 65.5 Å². The van der Waals surface area contributed by atoms with Gasteiger partial charge in [0, 0.05) is 36.8 Å². The minimum atomic E-state index is -0.663. The Morgan fingerprint density at radius 3 is 2.74 bits per heavy atom. The van der Waals surface area contributed by atoms with E-state index in [4.69, 9.17) is 9.47 Å². The van der Waals surface area contributed by atoms with Gasteiger partial charge in [0.1, 0.15) is 17.2 Å². The minimum absolute atomic E-state index is 0.260. The molecule has 0 saturated heterocycles. The number of aromatic nitrogens is 2. The molecule has 2 N–H and O–H groups in total. The van der Waals surface area contributed by atoms with Crippen molar-refractivity contribution in [3.63, 3.8) is 0 Å². The average Bonchev–Trinajstić information content (AvgIpc) is 3.10. The lowest BCUT2D eigenvalue weighted by molar-refractivity contribution is 0.0177. The maximum absolute atomic E-state index is 16.3. The lowest BCUT2D eigenvalue weighted by Crippen LogP contribution is -2.39. The fourth-order valence-electron chi connectivity index (χ4n) is 4.44. The van der Waals surface area contributed by atoms with E-state index in [1.54, 1.807) is 18.0 Å². The number of aryl methyl sites for hydroxylation is 1. The van der Waals surface area contributed by atoms with Gasteiger partial charge in [-0.15, -0.1) is 0 Å². The van der Waals surface area contributed by atoms with E-state index in [9.17, 15) is 4.79 Å². The molecule has 4 rings (SSSR count). The van der Waals surface area contributed by atoms with Gasteiger partial charge in [-0.3, -0.25) is 4.90 Å². The molecular weight excluding hydrogens is 449 g/mol. The number of carbonyl (C=O) groups excluding carboxylic acids is 1. The lowest BCUT2D eigenvalue weighted by Gasteiger charge is -2.33. The number of hydrogen-bond donors (Lipinski definition) is 2. The number of carbonyl (C=O) groups is 1. The zero-order chi connectivity index (χ0) is 25.3. The molecule has 0 radical (unpaired) electrons. The molecule has 2 aliphatic heterocycles. The van der Waals surface area contributed by atoms with Crippen LogP contribution in [0.4, 0.5) is 26.6 Å². The molecule has 188 valence electrons. The van der Waals surface area contributed by atoms with E-state index in [0.29, 0.717) is 55.5 Å². The third-order valence-electron chi connectivity index (χ3n) is 6.23. The summed E-state index contributed by atoms with van der Waals surface area (Å²) >= 11 is 0. The quantitative estimate of drug-likeness (QED) is 0.549. The average molecular weight is 484 g/mol. The van der Waals surface area contributed by atoms with Crippen LogP contribution in [0.15, 0.2) is 18.2 Å². The van der Waals surface area contributed by atoms with Gasteiger partial charge in [-0.25, -0.2) is 14.2 Å². The van der Waals surface area contributed by atoms with Crippen LogP contribution in [0.1, 0.15) is 62.0 Å². The normalized spacial score (nSPS) is 17.5. The topological polar surface area (TPSA) is 88.6 Å². The standard InChI is InChI=1S/C26H34FN5O3/c1-15-16(2)29-24(31-23(15)28-6)30-18-14-17-11-13-34-22(17)20(21(18)27)19-10-8-7-9-12-32(19)25(33)35-26(3,4)5/h7,9,14,19H,8,10-13H2,1-6H3,(H2,28,29,30,31). The maximum Gasteiger partial charge on any atom is 0.411 e. The summed E-state index contributed by atoms with van der Waals surface area (Å²) in [4.78, 5) is 23.7. The first-order valence-corrected chi connectivity index (χ1v) is 12.0. The summed E-state index contributed by atoms with van der Waals surface area (Å²) in [6.07, 6.45) is 5.38. The van der Waals surface area contributed by atoms with Crippen molar-refractivity contribution in [1.82, 2.24) is 14.9 Å². The molecule has 1 unspecified atom stereocenters. The van der Waals surface area contributed by atoms with Gasteiger partial charge in [-0.2, -0.15) is 4.98 Å². The van der Waals surface area contributed by atoms with Crippen molar-refractivity contribution >= 4 is 23.5 Å². The van der Waals surface area contributed by atoms with Crippen LogP contribution in [0.3, 0.4) is 0 Å². The van der Waals surface area contributed by atoms with Gasteiger partial charge in [-0.05, 0) is 53.5 Å². The highest BCUT2D eigenvalue weighted by atomic mass is 19.1. The number of hydrogen-bond acceptors (Lipinski definition) is 7. The largest absolute Gasteiger partial charge is 0.492 e. The number of anilines is 3. The fraction of sp³-hybridized carbons (Fsp3) is 0.500. The highest BCUT2D eigenvalue weighted by Gasteiger charge is 2.36. The van der Waals surface area contributed by atoms with Gasteiger partial charge in [0.05, 0.1) is 23.9 Å². The van der Waals surface area contributed by atoms with E-state index in [-0.39, 0.29) is 5.69 Å². The van der Waals surface area contributed by atoms with Crippen LogP contribution in [0, 0.1) is 19.7 Å². The molecule has 2 aliphatic rings. The summed E-state index contributed by atoms with van der Waals surface area (Å²) in [5, 5.41) is 6.13. The van der Waals surface area contributed by atoms with E-state index < -0.39 is 23.6 Å². The first-order chi connectivity index (χ1) is 16.6. The Bertz CT molecular complexity index is 1160. The Kier molecular flexibility index (Phi) is 6.87. The van der Waals surface area contributed by atoms with Crippen molar-refractivity contribution in [3.8, 4) is 5.75 Å². The second-order valence-electron chi connectivity index (χ2n) is 9.92. The number of nitrogens with zero attached hydrogens (tertiary/aromatic N) is 3. The zero-order valence-corrected chi connectivity index (χ0v) is 21.3. The summed E-state index contributed by atoms with van der Waals surface area (Å²) in [6, 6.07) is 1.22. The van der Waals surface area contributed by atoms with Gasteiger partial charge in [-0.1, -0.05) is 12.2 Å². The number of allylic oxidation sites excluding steroid dienone is 1. The predicted molar refractivity (Wildman–Crippen MR) is 134 cm³/mol. The monoisotopic (exact) mass is 483 g/mol. The van der Waals surface area contributed by atoms with Crippen LogP contribution in [0.2, 0.25) is 0 Å². The number of rotatable bonds is 4. The Morgan fingerprint density at radius 2 is 2.03 bits per heavy atom. The Morgan fingerprint density at radius 1 is 1.26 bits per heavy atom. The number of benzene rings is 1. The smallest absolute Gasteiger partial charge is 0.411 e. The molecular formula is C26H34FN5O3. The van der Waals surface area contributed by atoms with E-state index in [2.05, 4.69) is 20.6 Å². The predicted octanol–water partition coefficient (Wildman–Crippen LogP) is 5.58. The molecule has 0 spiro atoms. The molecule has 35 heavy (non-hydrogen) atoms. The van der Waals surface area contributed by atoms with E-state index in [0.717, 1.165) is 16.8 Å². The molecule has 1 amide bonds. The van der Waals surface area contributed by atoms with E-state index >= 15 is 4.39 Å². The van der Waals surface area contributed by atoms with Gasteiger partial charge < -0.3 is 20.1 Å². The zero-order valence-electron chi connectivity index (χ0n) is 21.3. The molecule has 8 nitrogen and oxygen atoms in total. The highest BCUT2D eigenvalue weighted by Crippen LogP contribution is 2.44. The van der Waals surface area contributed by atoms with Crippen molar-refractivity contribution in [1.29, 1.82) is 0 Å². The van der Waals surface area contributed by atoms with Gasteiger partial charge >= 0.3 is 6.09 Å². The summed E-state index contributed by atoms with van der Waals surface area (Å²) in [5.41, 5.74) is 2.58. The minimum Gasteiger partial charge on any atom is -0.492 e. The third-order valence-corrected chi connectivity index (χ3v) is 6.23. The first kappa shape index (κ1) is 24.8. The van der Waals surface area contributed by atoms with Crippen LogP contribution in [-0.4, -0.2) is 46.8 Å². The molecule has 2 aromatic rings. The van der Waals surface area contributed by atoms with Crippen LogP contribution >= 0.6 is 0 Å². The van der Waals surface area contributed by atoms with Crippen molar-refractivity contribution < 1.29 is 18.7 Å². The summed E-state index contributed by atoms with van der Waals surface area (Å²) in [7, 11) is 1.79. The van der Waals surface area contributed by atoms with Crippen molar-refractivity contribution in [2.24, 2.45) is 0 Å². The molecule has 0 bridgehead atoms. The maximum atomic E-state index is 16.3. The van der Waals surface area contributed by atoms with Crippen molar-refractivity contribution in [2.75, 3.05) is 30.8 Å². The summed E-state index contributed by atoms with van der Waals surface area (Å²) in [6.45, 7) is 10.1. The Hall–Kier alpha value is -3.36. The molecule has 3 heterocycles. The molecule has 1 atom stereocenters. The number of halogens is 1. The van der Waals surface area contributed by atoms with Gasteiger partial charge in [0.15, 0.2) is 5.82 Å². The lowest BCUT2D eigenvalue weighted by atomic mass is 9.95. The van der Waals surface area contributed by atoms with Gasteiger partial charge in [0.25, 0.3) is 0 Å². The van der Waals surface area contributed by atoms with E-state index in [1.807, 2.05) is 46.8 Å². The number of amides is 1. The first-order valence-electron chi connectivity index (χ1n) is 12.0. The highest BCUT2D eigenvalue weighted by molar-refractivity contribution is 5.71. The molecule has 0 aliphatic carbocycles. The van der Waals surface area contributed by atoms with Crippen LogP contribution in [0.5, 0.6) is 5.75 Å². The molecule has 0 saturated carbocycles. The van der Waals surface area contributed by atoms with E-state index in [1.165, 1.54) is 0 Å². The Balaban J connectivity index is 1.77.